The molecule has 1 aromatic heterocycles. The molecule has 1 aromatic rings. The molecule has 0 radical (unpaired) electrons. The number of methoxy groups -OCH3 is 1. The highest BCUT2D eigenvalue weighted by atomic mass is 16.5. The maximum atomic E-state index is 12.4. The molecule has 0 saturated heterocycles. The van der Waals surface area contributed by atoms with Crippen molar-refractivity contribution in [3.63, 3.8) is 0 Å². The molecule has 0 aromatic carbocycles. The Hall–Kier alpha value is -1.82. The highest BCUT2D eigenvalue weighted by Crippen LogP contribution is 2.30. The van der Waals surface area contributed by atoms with E-state index in [1.807, 2.05) is 0 Å². The fourth-order valence-corrected chi connectivity index (χ4v) is 2.75. The number of furan rings is 1. The molecule has 21 heavy (non-hydrogen) atoms. The van der Waals surface area contributed by atoms with Crippen LogP contribution in [-0.2, 0) is 16.1 Å². The fourth-order valence-electron chi connectivity index (χ4n) is 2.75. The van der Waals surface area contributed by atoms with Gasteiger partial charge in [0.25, 0.3) is 11.8 Å². The zero-order valence-electron chi connectivity index (χ0n) is 12.3. The molecule has 1 heterocycles. The van der Waals surface area contributed by atoms with Crippen LogP contribution in [0.3, 0.4) is 0 Å². The molecule has 2 amide bonds. The molecule has 116 valence electrons. The van der Waals surface area contributed by atoms with Crippen molar-refractivity contribution in [3.05, 3.63) is 23.7 Å². The number of amides is 2. The summed E-state index contributed by atoms with van der Waals surface area (Å²) < 4.78 is 10.7. The van der Waals surface area contributed by atoms with Crippen LogP contribution < -0.4 is 11.1 Å². The van der Waals surface area contributed by atoms with Gasteiger partial charge in [0.15, 0.2) is 0 Å². The van der Waals surface area contributed by atoms with Gasteiger partial charge in [-0.15, -0.1) is 0 Å². The molecular weight excluding hydrogens is 272 g/mol. The number of hydrogen-bond donors (Lipinski definition) is 2. The van der Waals surface area contributed by atoms with Gasteiger partial charge in [0.05, 0.1) is 12.1 Å². The summed E-state index contributed by atoms with van der Waals surface area (Å²) in [6.07, 6.45) is 7.03. The second-order valence-electron chi connectivity index (χ2n) is 5.46. The molecule has 0 spiro atoms. The number of carbonyl (C=O) groups excluding carboxylic acids is 2. The first-order chi connectivity index (χ1) is 10.1. The van der Waals surface area contributed by atoms with Crippen molar-refractivity contribution >= 4 is 11.8 Å². The van der Waals surface area contributed by atoms with Crippen molar-refractivity contribution < 1.29 is 18.7 Å². The molecule has 1 aliphatic rings. The van der Waals surface area contributed by atoms with Gasteiger partial charge in [-0.2, -0.15) is 0 Å². The first-order valence-electron chi connectivity index (χ1n) is 7.28. The predicted molar refractivity (Wildman–Crippen MR) is 76.5 cm³/mol. The molecule has 3 N–H and O–H groups in total. The van der Waals surface area contributed by atoms with Crippen LogP contribution in [0.15, 0.2) is 16.7 Å². The van der Waals surface area contributed by atoms with E-state index < -0.39 is 11.5 Å². The Kier molecular flexibility index (Phi) is 5.01. The summed E-state index contributed by atoms with van der Waals surface area (Å²) in [5.41, 5.74) is 4.71. The minimum atomic E-state index is -0.740. The van der Waals surface area contributed by atoms with E-state index in [1.165, 1.54) is 12.3 Å². The van der Waals surface area contributed by atoms with Crippen LogP contribution in [0.1, 0.15) is 54.6 Å². The fraction of sp³-hybridized carbons (Fsp3) is 0.600. The van der Waals surface area contributed by atoms with E-state index in [0.717, 1.165) is 38.5 Å². The number of hydrogen-bond acceptors (Lipinski definition) is 4. The van der Waals surface area contributed by atoms with Crippen LogP contribution in [0.25, 0.3) is 0 Å². The Labute approximate surface area is 124 Å². The van der Waals surface area contributed by atoms with E-state index in [0.29, 0.717) is 11.3 Å². The average molecular weight is 294 g/mol. The third-order valence-electron chi connectivity index (χ3n) is 4.08. The molecule has 2 rings (SSSR count). The van der Waals surface area contributed by atoms with Gasteiger partial charge in [-0.05, 0) is 18.9 Å². The number of rotatable bonds is 5. The third-order valence-corrected chi connectivity index (χ3v) is 4.08. The molecule has 6 nitrogen and oxygen atoms in total. The summed E-state index contributed by atoms with van der Waals surface area (Å²) in [5, 5.41) is 2.83. The van der Waals surface area contributed by atoms with Crippen molar-refractivity contribution in [2.45, 2.75) is 50.7 Å². The molecule has 0 aliphatic heterocycles. The zero-order valence-corrected chi connectivity index (χ0v) is 12.3. The average Bonchev–Trinajstić information content (AvgIpc) is 2.82. The van der Waals surface area contributed by atoms with Crippen LogP contribution >= 0.6 is 0 Å². The lowest BCUT2D eigenvalue weighted by Crippen LogP contribution is -2.47. The van der Waals surface area contributed by atoms with Gasteiger partial charge in [-0.3, -0.25) is 9.59 Å². The second kappa shape index (κ2) is 6.76. The highest BCUT2D eigenvalue weighted by molar-refractivity contribution is 5.92. The van der Waals surface area contributed by atoms with E-state index in [2.05, 4.69) is 5.32 Å². The Bertz CT molecular complexity index is 502. The molecule has 1 fully saturated rings. The maximum absolute atomic E-state index is 12.4. The SMILES string of the molecule is COC1(C(=O)NCc2cc(C(N)=O)co2)CCCCCC1. The first-order valence-corrected chi connectivity index (χ1v) is 7.28. The monoisotopic (exact) mass is 294 g/mol. The Morgan fingerprint density at radius 3 is 2.52 bits per heavy atom. The van der Waals surface area contributed by atoms with E-state index in [-0.39, 0.29) is 12.5 Å². The number of carbonyl (C=O) groups is 2. The lowest BCUT2D eigenvalue weighted by atomic mass is 9.93. The van der Waals surface area contributed by atoms with Crippen molar-refractivity contribution in [1.82, 2.24) is 5.32 Å². The normalized spacial score (nSPS) is 18.0. The topological polar surface area (TPSA) is 94.6 Å². The molecule has 1 saturated carbocycles. The van der Waals surface area contributed by atoms with Gasteiger partial charge in [0, 0.05) is 7.11 Å². The van der Waals surface area contributed by atoms with Gasteiger partial charge in [0.2, 0.25) is 0 Å². The number of nitrogens with one attached hydrogen (secondary N) is 1. The van der Waals surface area contributed by atoms with Crippen molar-refractivity contribution in [1.29, 1.82) is 0 Å². The summed E-state index contributed by atoms with van der Waals surface area (Å²) in [6.45, 7) is 0.219. The minimum absolute atomic E-state index is 0.121. The van der Waals surface area contributed by atoms with Crippen molar-refractivity contribution in [3.8, 4) is 0 Å². The Balaban J connectivity index is 1.97. The largest absolute Gasteiger partial charge is 0.467 e. The molecule has 0 bridgehead atoms. The van der Waals surface area contributed by atoms with Gasteiger partial charge in [-0.25, -0.2) is 0 Å². The number of nitrogens with two attached hydrogens (primary N) is 1. The highest BCUT2D eigenvalue weighted by Gasteiger charge is 2.38. The number of ether oxygens (including phenoxy) is 1. The van der Waals surface area contributed by atoms with Crippen molar-refractivity contribution in [2.75, 3.05) is 7.11 Å². The van der Waals surface area contributed by atoms with Gasteiger partial charge < -0.3 is 20.2 Å². The summed E-state index contributed by atoms with van der Waals surface area (Å²) in [6, 6.07) is 1.54. The predicted octanol–water partition coefficient (Wildman–Crippen LogP) is 1.73. The lowest BCUT2D eigenvalue weighted by Gasteiger charge is -2.29. The lowest BCUT2D eigenvalue weighted by molar-refractivity contribution is -0.145. The third kappa shape index (κ3) is 3.64. The van der Waals surface area contributed by atoms with Crippen LogP contribution in [0, 0.1) is 0 Å². The zero-order chi connectivity index (χ0) is 15.3. The minimum Gasteiger partial charge on any atom is -0.467 e. The van der Waals surface area contributed by atoms with Gasteiger partial charge >= 0.3 is 0 Å². The van der Waals surface area contributed by atoms with Gasteiger partial charge in [-0.1, -0.05) is 25.7 Å². The molecule has 1 aliphatic carbocycles. The van der Waals surface area contributed by atoms with E-state index in [1.54, 1.807) is 7.11 Å². The summed E-state index contributed by atoms with van der Waals surface area (Å²) >= 11 is 0. The standard InChI is InChI=1S/C15H22N2O4/c1-20-15(6-4-2-3-5-7-15)14(19)17-9-12-8-11(10-21-12)13(16)18/h8,10H,2-7,9H2,1H3,(H2,16,18)(H,17,19). The van der Waals surface area contributed by atoms with Crippen molar-refractivity contribution in [2.24, 2.45) is 5.73 Å². The molecule has 0 atom stereocenters. The number of primary amides is 1. The van der Waals surface area contributed by atoms with E-state index in [4.69, 9.17) is 14.9 Å². The Morgan fingerprint density at radius 1 is 1.33 bits per heavy atom. The van der Waals surface area contributed by atoms with Crippen LogP contribution in [0.4, 0.5) is 0 Å². The maximum Gasteiger partial charge on any atom is 0.252 e. The Morgan fingerprint density at radius 2 is 2.00 bits per heavy atom. The first kappa shape index (κ1) is 15.6. The van der Waals surface area contributed by atoms with E-state index in [9.17, 15) is 9.59 Å². The molecule has 6 heteroatoms. The quantitative estimate of drug-likeness (QED) is 0.809. The summed E-state index contributed by atoms with van der Waals surface area (Å²) in [4.78, 5) is 23.4. The molecular formula is C15H22N2O4. The van der Waals surface area contributed by atoms with Gasteiger partial charge in [0.1, 0.15) is 17.6 Å². The summed E-state index contributed by atoms with van der Waals surface area (Å²) in [7, 11) is 1.59. The van der Waals surface area contributed by atoms with E-state index >= 15 is 0 Å². The second-order valence-corrected chi connectivity index (χ2v) is 5.46. The smallest absolute Gasteiger partial charge is 0.252 e. The summed E-state index contributed by atoms with van der Waals surface area (Å²) in [5.74, 6) is -0.172. The van der Waals surface area contributed by atoms with Crippen LogP contribution in [0.5, 0.6) is 0 Å². The van der Waals surface area contributed by atoms with Crippen LogP contribution in [-0.4, -0.2) is 24.5 Å². The molecule has 0 unspecified atom stereocenters. The van der Waals surface area contributed by atoms with Crippen LogP contribution in [0.2, 0.25) is 0 Å².